The van der Waals surface area contributed by atoms with Crippen molar-refractivity contribution in [1.82, 2.24) is 14.3 Å². The van der Waals surface area contributed by atoms with Crippen LogP contribution in [0.5, 0.6) is 11.5 Å². The number of ether oxygens (including phenoxy) is 2. The second-order valence-electron chi connectivity index (χ2n) is 5.72. The molecule has 0 aromatic heterocycles. The highest BCUT2D eigenvalue weighted by atomic mass is 32.2. The molecule has 0 spiro atoms. The Morgan fingerprint density at radius 3 is 2.55 bits per heavy atom. The molecular weight excluding hydrogens is 306 g/mol. The maximum atomic E-state index is 11.9. The fourth-order valence-electron chi connectivity index (χ4n) is 2.26. The highest BCUT2D eigenvalue weighted by Gasteiger charge is 2.21. The third-order valence-corrected chi connectivity index (χ3v) is 4.59. The Labute approximate surface area is 131 Å². The van der Waals surface area contributed by atoms with Crippen molar-refractivity contribution < 1.29 is 17.9 Å². The second-order valence-corrected chi connectivity index (χ2v) is 7.25. The van der Waals surface area contributed by atoms with Crippen molar-refractivity contribution in [2.45, 2.75) is 25.9 Å². The lowest BCUT2D eigenvalue weighted by atomic mass is 10.1. The van der Waals surface area contributed by atoms with Crippen LogP contribution < -0.4 is 18.9 Å². The fourth-order valence-corrected chi connectivity index (χ4v) is 3.34. The highest BCUT2D eigenvalue weighted by molar-refractivity contribution is 7.87. The largest absolute Gasteiger partial charge is 0.454 e. The molecule has 1 aromatic carbocycles. The normalized spacial score (nSPS) is 15.5. The van der Waals surface area contributed by atoms with Crippen molar-refractivity contribution in [3.63, 3.8) is 0 Å². The summed E-state index contributed by atoms with van der Waals surface area (Å²) in [6.45, 7) is 4.03. The molecule has 0 saturated carbocycles. The molecule has 1 heterocycles. The van der Waals surface area contributed by atoms with Gasteiger partial charge >= 0.3 is 0 Å². The van der Waals surface area contributed by atoms with E-state index in [2.05, 4.69) is 9.44 Å². The molecule has 2 N–H and O–H groups in total. The lowest BCUT2D eigenvalue weighted by Crippen LogP contribution is -2.43. The van der Waals surface area contributed by atoms with Crippen LogP contribution in [-0.2, 0) is 10.2 Å². The first-order valence-corrected chi connectivity index (χ1v) is 8.59. The first kappa shape index (κ1) is 17.0. The molecule has 1 atom stereocenters. The van der Waals surface area contributed by atoms with Gasteiger partial charge in [-0.2, -0.15) is 13.1 Å². The second kappa shape index (κ2) is 6.82. The number of fused-ring (bicyclic) bond motifs is 1. The molecular formula is C14H23N3O4S. The lowest BCUT2D eigenvalue weighted by molar-refractivity contribution is 0.174. The number of hydrogen-bond donors (Lipinski definition) is 2. The predicted molar refractivity (Wildman–Crippen MR) is 84.2 cm³/mol. The molecule has 1 aromatic rings. The molecule has 8 heteroatoms. The van der Waals surface area contributed by atoms with Crippen LogP contribution in [0.3, 0.4) is 0 Å². The van der Waals surface area contributed by atoms with Crippen LogP contribution in [0, 0.1) is 0 Å². The lowest BCUT2D eigenvalue weighted by Gasteiger charge is -2.25. The summed E-state index contributed by atoms with van der Waals surface area (Å²) in [4.78, 5) is 1.95. The number of likely N-dealkylation sites (N-methyl/N-ethyl adjacent to an activating group) is 1. The highest BCUT2D eigenvalue weighted by Crippen LogP contribution is 2.34. The van der Waals surface area contributed by atoms with Crippen molar-refractivity contribution in [3.8, 4) is 11.5 Å². The summed E-state index contributed by atoms with van der Waals surface area (Å²) in [5.41, 5.74) is 0.960. The van der Waals surface area contributed by atoms with Gasteiger partial charge in [-0.1, -0.05) is 6.07 Å². The molecule has 1 aliphatic rings. The first-order chi connectivity index (χ1) is 10.3. The molecule has 0 radical (unpaired) electrons. The SMILES string of the molecule is CC(C)NS(=O)(=O)NCC(c1ccc2c(c1)OCO2)N(C)C. The fraction of sp³-hybridized carbons (Fsp3) is 0.571. The van der Waals surface area contributed by atoms with Gasteiger partial charge in [0.1, 0.15) is 0 Å². The van der Waals surface area contributed by atoms with Gasteiger partial charge in [-0.3, -0.25) is 0 Å². The number of nitrogens with zero attached hydrogens (tertiary/aromatic N) is 1. The van der Waals surface area contributed by atoms with E-state index in [4.69, 9.17) is 9.47 Å². The third-order valence-electron chi connectivity index (χ3n) is 3.26. The molecule has 7 nitrogen and oxygen atoms in total. The topological polar surface area (TPSA) is 79.9 Å². The Balaban J connectivity index is 2.11. The van der Waals surface area contributed by atoms with Gasteiger partial charge in [0.25, 0.3) is 10.2 Å². The molecule has 1 unspecified atom stereocenters. The van der Waals surface area contributed by atoms with E-state index in [0.717, 1.165) is 5.56 Å². The Kier molecular flexibility index (Phi) is 5.28. The van der Waals surface area contributed by atoms with Crippen LogP contribution in [0.25, 0.3) is 0 Å². The van der Waals surface area contributed by atoms with E-state index in [1.165, 1.54) is 0 Å². The molecule has 1 aliphatic heterocycles. The van der Waals surface area contributed by atoms with E-state index in [0.29, 0.717) is 11.5 Å². The van der Waals surface area contributed by atoms with Crippen LogP contribution >= 0.6 is 0 Å². The van der Waals surface area contributed by atoms with Crippen molar-refractivity contribution in [3.05, 3.63) is 23.8 Å². The third kappa shape index (κ3) is 4.33. The minimum atomic E-state index is -3.51. The summed E-state index contributed by atoms with van der Waals surface area (Å²) < 4.78 is 39.6. The van der Waals surface area contributed by atoms with Crippen molar-refractivity contribution in [2.75, 3.05) is 27.4 Å². The van der Waals surface area contributed by atoms with Crippen LogP contribution in [-0.4, -0.2) is 46.8 Å². The minimum Gasteiger partial charge on any atom is -0.454 e. The summed E-state index contributed by atoms with van der Waals surface area (Å²) >= 11 is 0. The van der Waals surface area contributed by atoms with E-state index in [1.807, 2.05) is 37.2 Å². The van der Waals surface area contributed by atoms with Gasteiger partial charge in [0.05, 0.1) is 0 Å². The maximum Gasteiger partial charge on any atom is 0.277 e. The molecule has 0 saturated heterocycles. The Morgan fingerprint density at radius 1 is 1.23 bits per heavy atom. The van der Waals surface area contributed by atoms with E-state index >= 15 is 0 Å². The number of rotatable bonds is 7. The smallest absolute Gasteiger partial charge is 0.277 e. The zero-order chi connectivity index (χ0) is 16.3. The van der Waals surface area contributed by atoms with Crippen molar-refractivity contribution >= 4 is 10.2 Å². The average Bonchev–Trinajstić information content (AvgIpc) is 2.84. The number of hydrogen-bond acceptors (Lipinski definition) is 5. The van der Waals surface area contributed by atoms with Gasteiger partial charge in [0.15, 0.2) is 11.5 Å². The number of benzene rings is 1. The van der Waals surface area contributed by atoms with Gasteiger partial charge in [0, 0.05) is 18.6 Å². The van der Waals surface area contributed by atoms with E-state index in [9.17, 15) is 8.42 Å². The molecule has 2 rings (SSSR count). The van der Waals surface area contributed by atoms with Gasteiger partial charge in [0.2, 0.25) is 6.79 Å². The van der Waals surface area contributed by atoms with Crippen LogP contribution in [0.4, 0.5) is 0 Å². The molecule has 0 aliphatic carbocycles. The first-order valence-electron chi connectivity index (χ1n) is 7.11. The summed E-state index contributed by atoms with van der Waals surface area (Å²) in [5, 5.41) is 0. The van der Waals surface area contributed by atoms with E-state index in [-0.39, 0.29) is 25.4 Å². The van der Waals surface area contributed by atoms with Gasteiger partial charge < -0.3 is 14.4 Å². The van der Waals surface area contributed by atoms with E-state index < -0.39 is 10.2 Å². The molecule has 0 bridgehead atoms. The summed E-state index contributed by atoms with van der Waals surface area (Å²) in [6.07, 6.45) is 0. The van der Waals surface area contributed by atoms with Gasteiger partial charge in [-0.05, 0) is 45.6 Å². The maximum absolute atomic E-state index is 11.9. The van der Waals surface area contributed by atoms with Gasteiger partial charge in [-0.15, -0.1) is 0 Å². The van der Waals surface area contributed by atoms with Gasteiger partial charge in [-0.25, -0.2) is 4.72 Å². The standard InChI is InChI=1S/C14H23N3O4S/c1-10(2)16-22(18,19)15-8-12(17(3)4)11-5-6-13-14(7-11)21-9-20-13/h5-7,10,12,15-16H,8-9H2,1-4H3. The van der Waals surface area contributed by atoms with E-state index in [1.54, 1.807) is 13.8 Å². The van der Waals surface area contributed by atoms with Crippen LogP contribution in [0.2, 0.25) is 0 Å². The monoisotopic (exact) mass is 329 g/mol. The quantitative estimate of drug-likeness (QED) is 0.775. The molecule has 22 heavy (non-hydrogen) atoms. The minimum absolute atomic E-state index is 0.113. The summed E-state index contributed by atoms with van der Waals surface area (Å²) in [7, 11) is 0.293. The Bertz CT molecular complexity index is 617. The average molecular weight is 329 g/mol. The van der Waals surface area contributed by atoms with Crippen molar-refractivity contribution in [2.24, 2.45) is 0 Å². The zero-order valence-corrected chi connectivity index (χ0v) is 14.1. The zero-order valence-electron chi connectivity index (χ0n) is 13.3. The van der Waals surface area contributed by atoms with Crippen molar-refractivity contribution in [1.29, 1.82) is 0 Å². The van der Waals surface area contributed by atoms with Crippen LogP contribution in [0.15, 0.2) is 18.2 Å². The predicted octanol–water partition coefficient (Wildman–Crippen LogP) is 0.850. The molecule has 0 fully saturated rings. The molecule has 124 valence electrons. The number of nitrogens with one attached hydrogen (secondary N) is 2. The summed E-state index contributed by atoms with van der Waals surface area (Å²) in [5.74, 6) is 1.40. The summed E-state index contributed by atoms with van der Waals surface area (Å²) in [6, 6.07) is 5.38. The molecule has 0 amide bonds. The Morgan fingerprint density at radius 2 is 1.91 bits per heavy atom. The van der Waals surface area contributed by atoms with Crippen LogP contribution in [0.1, 0.15) is 25.5 Å². The Hall–Kier alpha value is -1.35.